The molecule has 0 unspecified atom stereocenters. The van der Waals surface area contributed by atoms with Crippen LogP contribution in [0.3, 0.4) is 0 Å². The van der Waals surface area contributed by atoms with Gasteiger partial charge in [-0.2, -0.15) is 0 Å². The van der Waals surface area contributed by atoms with Crippen molar-refractivity contribution in [2.75, 3.05) is 5.32 Å². The van der Waals surface area contributed by atoms with E-state index in [0.717, 1.165) is 11.1 Å². The first-order valence-corrected chi connectivity index (χ1v) is 7.20. The van der Waals surface area contributed by atoms with E-state index in [4.69, 9.17) is 9.84 Å². The van der Waals surface area contributed by atoms with Crippen molar-refractivity contribution >= 4 is 11.8 Å². The molecule has 0 aliphatic carbocycles. The molecular weight excluding hydrogens is 280 g/mol. The minimum absolute atomic E-state index is 0.0350. The van der Waals surface area contributed by atoms with Crippen molar-refractivity contribution in [2.24, 2.45) is 0 Å². The van der Waals surface area contributed by atoms with Crippen LogP contribution >= 0.6 is 0 Å². The van der Waals surface area contributed by atoms with E-state index in [1.165, 1.54) is 0 Å². The van der Waals surface area contributed by atoms with Gasteiger partial charge in [0, 0.05) is 24.6 Å². The Hall–Kier alpha value is -2.27. The Labute approximate surface area is 130 Å². The number of nitrogens with one attached hydrogen (secondary N) is 1. The maximum absolute atomic E-state index is 11.8. The van der Waals surface area contributed by atoms with Crippen LogP contribution in [0.2, 0.25) is 0 Å². The minimum Gasteiger partial charge on any atom is -0.444 e. The molecule has 22 heavy (non-hydrogen) atoms. The van der Waals surface area contributed by atoms with Gasteiger partial charge >= 0.3 is 6.09 Å². The van der Waals surface area contributed by atoms with Gasteiger partial charge in [0.2, 0.25) is 0 Å². The molecule has 0 fully saturated rings. The smallest absolute Gasteiger partial charge is 0.412 e. The van der Waals surface area contributed by atoms with E-state index in [9.17, 15) is 4.79 Å². The zero-order chi connectivity index (χ0) is 16.2. The average molecular weight is 302 g/mol. The molecule has 0 saturated heterocycles. The van der Waals surface area contributed by atoms with Gasteiger partial charge in [-0.3, -0.25) is 5.32 Å². The summed E-state index contributed by atoms with van der Waals surface area (Å²) in [5.41, 5.74) is 2.10. The van der Waals surface area contributed by atoms with Crippen molar-refractivity contribution in [3.63, 3.8) is 0 Å². The molecule has 0 aliphatic heterocycles. The Morgan fingerprint density at radius 3 is 2.68 bits per heavy atom. The highest BCUT2D eigenvalue weighted by Crippen LogP contribution is 2.15. The number of rotatable bonds is 4. The van der Waals surface area contributed by atoms with Crippen LogP contribution in [-0.2, 0) is 17.9 Å². The predicted octanol–water partition coefficient (Wildman–Crippen LogP) is 3.38. The highest BCUT2D eigenvalue weighted by atomic mass is 16.6. The maximum atomic E-state index is 11.8. The van der Waals surface area contributed by atoms with Crippen LogP contribution in [0.4, 0.5) is 10.5 Å². The van der Waals surface area contributed by atoms with Gasteiger partial charge in [0.25, 0.3) is 0 Å². The van der Waals surface area contributed by atoms with Crippen molar-refractivity contribution in [2.45, 2.75) is 39.5 Å². The van der Waals surface area contributed by atoms with Crippen molar-refractivity contribution in [3.8, 4) is 0 Å². The van der Waals surface area contributed by atoms with Crippen LogP contribution < -0.4 is 5.32 Å². The van der Waals surface area contributed by atoms with Gasteiger partial charge in [0.05, 0.1) is 6.61 Å². The SMILES string of the molecule is CC(C)(C)OC(=O)Nc1cccc(Cn2ccc(CO)c2)c1. The second-order valence-electron chi connectivity index (χ2n) is 6.18. The molecule has 118 valence electrons. The van der Waals surface area contributed by atoms with Crippen LogP contribution in [0, 0.1) is 0 Å². The molecule has 0 aliphatic rings. The number of carbonyl (C=O) groups excluding carboxylic acids is 1. The Balaban J connectivity index is 2.02. The second kappa shape index (κ2) is 6.66. The van der Waals surface area contributed by atoms with Crippen LogP contribution in [-0.4, -0.2) is 21.4 Å². The van der Waals surface area contributed by atoms with Crippen LogP contribution in [0.25, 0.3) is 0 Å². The van der Waals surface area contributed by atoms with E-state index in [-0.39, 0.29) is 6.61 Å². The molecule has 0 spiro atoms. The molecule has 0 bridgehead atoms. The lowest BCUT2D eigenvalue weighted by molar-refractivity contribution is 0.0636. The molecule has 5 heteroatoms. The summed E-state index contributed by atoms with van der Waals surface area (Å²) in [6.45, 7) is 6.19. The molecule has 2 aromatic rings. The summed E-state index contributed by atoms with van der Waals surface area (Å²) < 4.78 is 7.22. The van der Waals surface area contributed by atoms with E-state index in [1.54, 1.807) is 0 Å². The fourth-order valence-corrected chi connectivity index (χ4v) is 2.06. The number of aliphatic hydroxyl groups excluding tert-OH is 1. The molecule has 0 radical (unpaired) electrons. The minimum atomic E-state index is -0.520. The summed E-state index contributed by atoms with van der Waals surface area (Å²) in [6.07, 6.45) is 3.35. The Bertz CT molecular complexity index is 641. The molecule has 0 atom stereocenters. The third-order valence-corrected chi connectivity index (χ3v) is 2.93. The Kier molecular flexibility index (Phi) is 4.88. The summed E-state index contributed by atoms with van der Waals surface area (Å²) in [6, 6.07) is 9.48. The third kappa shape index (κ3) is 4.93. The van der Waals surface area contributed by atoms with E-state index in [0.29, 0.717) is 12.2 Å². The molecular formula is C17H22N2O3. The van der Waals surface area contributed by atoms with Gasteiger partial charge in [-0.25, -0.2) is 4.79 Å². The van der Waals surface area contributed by atoms with Crippen LogP contribution in [0.5, 0.6) is 0 Å². The van der Waals surface area contributed by atoms with Crippen molar-refractivity contribution in [1.82, 2.24) is 4.57 Å². The number of anilines is 1. The second-order valence-corrected chi connectivity index (χ2v) is 6.18. The first kappa shape index (κ1) is 16.1. The number of ether oxygens (including phenoxy) is 1. The van der Waals surface area contributed by atoms with Gasteiger partial charge in [0.15, 0.2) is 0 Å². The van der Waals surface area contributed by atoms with Gasteiger partial charge in [0.1, 0.15) is 5.60 Å². The lowest BCUT2D eigenvalue weighted by atomic mass is 10.2. The third-order valence-electron chi connectivity index (χ3n) is 2.93. The van der Waals surface area contributed by atoms with E-state index in [1.807, 2.05) is 68.1 Å². The monoisotopic (exact) mass is 302 g/mol. The summed E-state index contributed by atoms with van der Waals surface area (Å²) in [4.78, 5) is 11.8. The van der Waals surface area contributed by atoms with Gasteiger partial charge in [-0.15, -0.1) is 0 Å². The fourth-order valence-electron chi connectivity index (χ4n) is 2.06. The number of amides is 1. The largest absolute Gasteiger partial charge is 0.444 e. The summed E-state index contributed by atoms with van der Waals surface area (Å²) in [5.74, 6) is 0. The van der Waals surface area contributed by atoms with Crippen molar-refractivity contribution in [3.05, 3.63) is 53.9 Å². The molecule has 2 rings (SSSR count). The van der Waals surface area contributed by atoms with Crippen LogP contribution in [0.1, 0.15) is 31.9 Å². The maximum Gasteiger partial charge on any atom is 0.412 e. The van der Waals surface area contributed by atoms with Crippen molar-refractivity contribution in [1.29, 1.82) is 0 Å². The highest BCUT2D eigenvalue weighted by Gasteiger charge is 2.16. The first-order valence-electron chi connectivity index (χ1n) is 7.20. The van der Waals surface area contributed by atoms with E-state index in [2.05, 4.69) is 5.32 Å². The van der Waals surface area contributed by atoms with Gasteiger partial charge in [-0.05, 0) is 50.1 Å². The quantitative estimate of drug-likeness (QED) is 0.910. The average Bonchev–Trinajstić information content (AvgIpc) is 2.84. The summed E-state index contributed by atoms with van der Waals surface area (Å²) >= 11 is 0. The zero-order valence-corrected chi connectivity index (χ0v) is 13.2. The topological polar surface area (TPSA) is 63.5 Å². The first-order chi connectivity index (χ1) is 10.4. The number of hydrogen-bond acceptors (Lipinski definition) is 3. The number of aliphatic hydroxyl groups is 1. The van der Waals surface area contributed by atoms with E-state index < -0.39 is 11.7 Å². The zero-order valence-electron chi connectivity index (χ0n) is 13.2. The fraction of sp³-hybridized carbons (Fsp3) is 0.353. The lowest BCUT2D eigenvalue weighted by Crippen LogP contribution is -2.27. The number of carbonyl (C=O) groups is 1. The lowest BCUT2D eigenvalue weighted by Gasteiger charge is -2.19. The summed E-state index contributed by atoms with van der Waals surface area (Å²) in [7, 11) is 0. The number of nitrogens with zero attached hydrogens (tertiary/aromatic N) is 1. The number of hydrogen-bond donors (Lipinski definition) is 2. The standard InChI is InChI=1S/C17H22N2O3/c1-17(2,3)22-16(21)18-15-6-4-5-13(9-15)10-19-8-7-14(11-19)12-20/h4-9,11,20H,10,12H2,1-3H3,(H,18,21). The molecule has 1 aromatic carbocycles. The normalized spacial score (nSPS) is 11.3. The molecule has 0 saturated carbocycles. The number of benzene rings is 1. The van der Waals surface area contributed by atoms with Crippen molar-refractivity contribution < 1.29 is 14.6 Å². The molecule has 2 N–H and O–H groups in total. The molecule has 1 heterocycles. The highest BCUT2D eigenvalue weighted by molar-refractivity contribution is 5.84. The summed E-state index contributed by atoms with van der Waals surface area (Å²) in [5, 5.41) is 11.8. The predicted molar refractivity (Wildman–Crippen MR) is 85.8 cm³/mol. The number of aromatic nitrogens is 1. The van der Waals surface area contributed by atoms with Gasteiger partial charge in [-0.1, -0.05) is 12.1 Å². The molecule has 1 aromatic heterocycles. The van der Waals surface area contributed by atoms with Gasteiger partial charge < -0.3 is 14.4 Å². The Morgan fingerprint density at radius 1 is 1.27 bits per heavy atom. The molecule has 5 nitrogen and oxygen atoms in total. The van der Waals surface area contributed by atoms with Crippen LogP contribution in [0.15, 0.2) is 42.7 Å². The Morgan fingerprint density at radius 2 is 2.05 bits per heavy atom. The molecule has 1 amide bonds. The van der Waals surface area contributed by atoms with E-state index >= 15 is 0 Å².